The van der Waals surface area contributed by atoms with E-state index in [0.717, 1.165) is 17.3 Å². The Kier molecular flexibility index (Phi) is 6.90. The molecule has 2 aromatic rings. The second kappa shape index (κ2) is 9.14. The maximum Gasteiger partial charge on any atom is 0.311 e. The molecule has 1 aromatic carbocycles. The molecule has 0 spiro atoms. The third-order valence-corrected chi connectivity index (χ3v) is 4.35. The highest BCUT2D eigenvalue weighted by molar-refractivity contribution is 8.00. The van der Waals surface area contributed by atoms with Crippen LogP contribution in [0.1, 0.15) is 18.2 Å². The largest absolute Gasteiger partial charge is 0.469 e. The molecule has 0 bridgehead atoms. The van der Waals surface area contributed by atoms with Crippen molar-refractivity contribution >= 4 is 23.6 Å². The molecule has 7 nitrogen and oxygen atoms in total. The lowest BCUT2D eigenvalue weighted by Crippen LogP contribution is -2.30. The van der Waals surface area contributed by atoms with Crippen LogP contribution in [0.4, 0.5) is 4.39 Å². The van der Waals surface area contributed by atoms with Crippen LogP contribution >= 0.6 is 11.8 Å². The Balaban J connectivity index is 1.96. The first-order valence-corrected chi connectivity index (χ1v) is 8.61. The number of H-pyrrole nitrogens is 1. The van der Waals surface area contributed by atoms with Crippen LogP contribution in [0.3, 0.4) is 0 Å². The van der Waals surface area contributed by atoms with Gasteiger partial charge in [-0.1, -0.05) is 23.9 Å². The number of hydrogen-bond donors (Lipinski definition) is 2. The van der Waals surface area contributed by atoms with Gasteiger partial charge in [0.1, 0.15) is 5.82 Å². The lowest BCUT2D eigenvalue weighted by molar-refractivity contribution is -0.139. The van der Waals surface area contributed by atoms with Crippen molar-refractivity contribution in [2.75, 3.05) is 7.11 Å². The number of amides is 1. The van der Waals surface area contributed by atoms with Gasteiger partial charge < -0.3 is 15.0 Å². The molecule has 0 saturated heterocycles. The summed E-state index contributed by atoms with van der Waals surface area (Å²) in [5, 5.41) is 2.43. The van der Waals surface area contributed by atoms with E-state index in [2.05, 4.69) is 20.0 Å². The fourth-order valence-corrected chi connectivity index (χ4v) is 2.86. The highest BCUT2D eigenvalue weighted by Crippen LogP contribution is 2.18. The number of aromatic amines is 1. The van der Waals surface area contributed by atoms with Gasteiger partial charge >= 0.3 is 5.97 Å². The number of hydrogen-bond acceptors (Lipinski definition) is 6. The maximum absolute atomic E-state index is 12.9. The van der Waals surface area contributed by atoms with Crippen molar-refractivity contribution in [3.8, 4) is 0 Å². The third-order valence-electron chi connectivity index (χ3n) is 3.36. The number of nitrogens with one attached hydrogen (secondary N) is 2. The molecule has 0 radical (unpaired) electrons. The average Bonchev–Trinajstić information content (AvgIpc) is 2.60. The number of thioether (sulfide) groups is 1. The van der Waals surface area contributed by atoms with Crippen LogP contribution in [0.2, 0.25) is 0 Å². The van der Waals surface area contributed by atoms with E-state index in [4.69, 9.17) is 0 Å². The summed E-state index contributed by atoms with van der Waals surface area (Å²) >= 11 is 1.06. The summed E-state index contributed by atoms with van der Waals surface area (Å²) in [4.78, 5) is 41.9. The molecule has 1 heterocycles. The molecule has 2 N–H and O–H groups in total. The van der Waals surface area contributed by atoms with Gasteiger partial charge in [0.2, 0.25) is 5.91 Å². The molecule has 2 rings (SSSR count). The van der Waals surface area contributed by atoms with E-state index in [1.165, 1.54) is 25.3 Å². The number of methoxy groups -OCH3 is 1. The highest BCUT2D eigenvalue weighted by Gasteiger charge is 2.16. The molecule has 0 saturated carbocycles. The molecular weight excluding hydrogens is 361 g/mol. The van der Waals surface area contributed by atoms with Gasteiger partial charge in [-0.05, 0) is 24.6 Å². The Morgan fingerprint density at radius 3 is 2.69 bits per heavy atom. The van der Waals surface area contributed by atoms with Gasteiger partial charge in [-0.25, -0.2) is 9.37 Å². The van der Waals surface area contributed by atoms with E-state index in [-0.39, 0.29) is 35.5 Å². The summed E-state index contributed by atoms with van der Waals surface area (Å²) < 4.78 is 17.4. The fraction of sp³-hybridized carbons (Fsp3) is 0.294. The SMILES string of the molecule is COC(=O)Cc1cc(=O)[nH]c(S[C@@H](C)C(=O)NCc2ccc(F)cc2)n1. The van der Waals surface area contributed by atoms with E-state index in [1.54, 1.807) is 19.1 Å². The normalized spacial score (nSPS) is 11.7. The minimum atomic E-state index is -0.535. The zero-order valence-electron chi connectivity index (χ0n) is 14.2. The predicted octanol–water partition coefficient (Wildman–Crippen LogP) is 1.42. The molecule has 1 aromatic heterocycles. The number of carbonyl (C=O) groups is 2. The maximum atomic E-state index is 12.9. The number of aromatic nitrogens is 2. The predicted molar refractivity (Wildman–Crippen MR) is 94.1 cm³/mol. The minimum absolute atomic E-state index is 0.126. The Morgan fingerprint density at radius 1 is 1.35 bits per heavy atom. The van der Waals surface area contributed by atoms with Gasteiger partial charge in [-0.2, -0.15) is 0 Å². The molecule has 26 heavy (non-hydrogen) atoms. The fourth-order valence-electron chi connectivity index (χ4n) is 2.01. The summed E-state index contributed by atoms with van der Waals surface area (Å²) in [6.07, 6.45) is -0.126. The summed E-state index contributed by atoms with van der Waals surface area (Å²) in [7, 11) is 1.25. The lowest BCUT2D eigenvalue weighted by atomic mass is 10.2. The van der Waals surface area contributed by atoms with Crippen molar-refractivity contribution in [3.63, 3.8) is 0 Å². The molecule has 0 aliphatic heterocycles. The standard InChI is InChI=1S/C17H18FN3O4S/c1-10(16(24)19-9-11-3-5-12(18)6-4-11)26-17-20-13(7-14(22)21-17)8-15(23)25-2/h3-7,10H,8-9H2,1-2H3,(H,19,24)(H,20,21,22)/t10-/m0/s1. The third kappa shape index (κ3) is 5.99. The van der Waals surface area contributed by atoms with Crippen LogP contribution in [0.25, 0.3) is 0 Å². The average molecular weight is 379 g/mol. The van der Waals surface area contributed by atoms with Crippen LogP contribution < -0.4 is 10.9 Å². The number of nitrogens with zero attached hydrogens (tertiary/aromatic N) is 1. The van der Waals surface area contributed by atoms with Crippen LogP contribution in [-0.4, -0.2) is 34.2 Å². The van der Waals surface area contributed by atoms with Crippen molar-refractivity contribution in [3.05, 3.63) is 57.8 Å². The molecule has 0 unspecified atom stereocenters. The van der Waals surface area contributed by atoms with Crippen molar-refractivity contribution < 1.29 is 18.7 Å². The lowest BCUT2D eigenvalue weighted by Gasteiger charge is -2.12. The van der Waals surface area contributed by atoms with Gasteiger partial charge in [0, 0.05) is 12.6 Å². The van der Waals surface area contributed by atoms with Gasteiger partial charge in [-0.15, -0.1) is 0 Å². The molecular formula is C17H18FN3O4S. The van der Waals surface area contributed by atoms with Crippen molar-refractivity contribution in [2.24, 2.45) is 0 Å². The Hall–Kier alpha value is -2.68. The number of carbonyl (C=O) groups excluding carboxylic acids is 2. The number of halogens is 1. The number of benzene rings is 1. The first-order chi connectivity index (χ1) is 12.4. The van der Waals surface area contributed by atoms with Crippen molar-refractivity contribution in [1.29, 1.82) is 0 Å². The summed E-state index contributed by atoms with van der Waals surface area (Å²) in [6.45, 7) is 1.92. The number of ether oxygens (including phenoxy) is 1. The van der Waals surface area contributed by atoms with E-state index >= 15 is 0 Å². The van der Waals surface area contributed by atoms with Gasteiger partial charge in [0.15, 0.2) is 5.16 Å². The second-order valence-electron chi connectivity index (χ2n) is 5.40. The highest BCUT2D eigenvalue weighted by atomic mass is 32.2. The number of esters is 1. The molecule has 0 fully saturated rings. The first-order valence-electron chi connectivity index (χ1n) is 7.73. The summed E-state index contributed by atoms with van der Waals surface area (Å²) in [5.41, 5.74) is 0.617. The Labute approximate surface area is 153 Å². The molecule has 1 amide bonds. The Morgan fingerprint density at radius 2 is 2.04 bits per heavy atom. The second-order valence-corrected chi connectivity index (χ2v) is 6.73. The van der Waals surface area contributed by atoms with Crippen LogP contribution in [0.5, 0.6) is 0 Å². The summed E-state index contributed by atoms with van der Waals surface area (Å²) in [6, 6.07) is 7.02. The van der Waals surface area contributed by atoms with E-state index in [9.17, 15) is 18.8 Å². The zero-order chi connectivity index (χ0) is 19.1. The van der Waals surface area contributed by atoms with Gasteiger partial charge in [0.05, 0.1) is 24.5 Å². The van der Waals surface area contributed by atoms with Gasteiger partial charge in [-0.3, -0.25) is 14.4 Å². The number of rotatable bonds is 7. The molecule has 9 heteroatoms. The first kappa shape index (κ1) is 19.6. The van der Waals surface area contributed by atoms with Crippen molar-refractivity contribution in [2.45, 2.75) is 30.3 Å². The van der Waals surface area contributed by atoms with Crippen LogP contribution in [0, 0.1) is 5.82 Å². The zero-order valence-corrected chi connectivity index (χ0v) is 15.1. The molecule has 1 atom stereocenters. The monoisotopic (exact) mass is 379 g/mol. The quantitative estimate of drug-likeness (QED) is 0.429. The van der Waals surface area contributed by atoms with Crippen LogP contribution in [0.15, 0.2) is 40.3 Å². The molecule has 0 aliphatic rings. The van der Waals surface area contributed by atoms with E-state index < -0.39 is 16.8 Å². The van der Waals surface area contributed by atoms with Crippen molar-refractivity contribution in [1.82, 2.24) is 15.3 Å². The van der Waals surface area contributed by atoms with Gasteiger partial charge in [0.25, 0.3) is 5.56 Å². The Bertz CT molecular complexity index is 839. The van der Waals surface area contributed by atoms with Crippen LogP contribution in [-0.2, 0) is 27.3 Å². The van der Waals surface area contributed by atoms with E-state index in [0.29, 0.717) is 0 Å². The smallest absolute Gasteiger partial charge is 0.311 e. The van der Waals surface area contributed by atoms with E-state index in [1.807, 2.05) is 0 Å². The molecule has 138 valence electrons. The topological polar surface area (TPSA) is 101 Å². The summed E-state index contributed by atoms with van der Waals surface area (Å²) in [5.74, 6) is -1.12. The minimum Gasteiger partial charge on any atom is -0.469 e. The molecule has 0 aliphatic carbocycles.